The molecule has 2 aromatic carbocycles. The van der Waals surface area contributed by atoms with Gasteiger partial charge in [-0.15, -0.1) is 0 Å². The molecule has 28 heavy (non-hydrogen) atoms. The van der Waals surface area contributed by atoms with E-state index in [0.29, 0.717) is 36.2 Å². The van der Waals surface area contributed by atoms with Crippen LogP contribution in [0.4, 0.5) is 0 Å². The van der Waals surface area contributed by atoms with Gasteiger partial charge in [0.25, 0.3) is 0 Å². The van der Waals surface area contributed by atoms with Gasteiger partial charge in [-0.2, -0.15) is 4.31 Å². The molecular weight excluding hydrogens is 415 g/mol. The average Bonchev–Trinajstić information content (AvgIpc) is 2.61. The first-order chi connectivity index (χ1) is 13.1. The molecule has 7 heteroatoms. The van der Waals surface area contributed by atoms with Crippen LogP contribution in [-0.4, -0.2) is 43.8 Å². The van der Waals surface area contributed by atoms with E-state index < -0.39 is 10.0 Å². The summed E-state index contributed by atoms with van der Waals surface area (Å²) < 4.78 is 27.3. The fourth-order valence-corrected chi connectivity index (χ4v) is 5.47. The molecule has 0 bridgehead atoms. The predicted octanol–water partition coefficient (Wildman–Crippen LogP) is 4.80. The summed E-state index contributed by atoms with van der Waals surface area (Å²) in [5.74, 6) is 0. The molecule has 0 aromatic heterocycles. The van der Waals surface area contributed by atoms with Crippen molar-refractivity contribution in [2.24, 2.45) is 0 Å². The first-order valence-electron chi connectivity index (χ1n) is 9.34. The quantitative estimate of drug-likeness (QED) is 0.685. The molecule has 0 N–H and O–H groups in total. The highest BCUT2D eigenvalue weighted by Gasteiger charge is 2.29. The zero-order valence-electron chi connectivity index (χ0n) is 16.5. The summed E-state index contributed by atoms with van der Waals surface area (Å²) in [6.07, 6.45) is 0. The van der Waals surface area contributed by atoms with Crippen LogP contribution in [0.1, 0.15) is 31.9 Å². The summed E-state index contributed by atoms with van der Waals surface area (Å²) in [6.45, 7) is 9.71. The van der Waals surface area contributed by atoms with Crippen LogP contribution in [0, 0.1) is 0 Å². The van der Waals surface area contributed by atoms with Crippen molar-refractivity contribution in [1.29, 1.82) is 0 Å². The molecule has 2 aromatic rings. The van der Waals surface area contributed by atoms with Crippen LogP contribution in [0.25, 0.3) is 0 Å². The molecule has 0 amide bonds. The topological polar surface area (TPSA) is 40.6 Å². The van der Waals surface area contributed by atoms with Crippen molar-refractivity contribution in [2.45, 2.75) is 37.6 Å². The van der Waals surface area contributed by atoms with Crippen molar-refractivity contribution in [3.63, 3.8) is 0 Å². The summed E-state index contributed by atoms with van der Waals surface area (Å²) in [7, 11) is -3.59. The third kappa shape index (κ3) is 5.08. The minimum absolute atomic E-state index is 0.141. The lowest BCUT2D eigenvalue weighted by Gasteiger charge is -2.34. The van der Waals surface area contributed by atoms with Gasteiger partial charge in [0, 0.05) is 42.8 Å². The SMILES string of the molecule is CC(C)(C)c1ccc(CN2CCN(S(=O)(=O)c3cc(Cl)cc(Cl)c3)CC2)cc1. The van der Waals surface area contributed by atoms with Crippen LogP contribution in [0.15, 0.2) is 47.4 Å². The molecule has 0 unspecified atom stereocenters. The van der Waals surface area contributed by atoms with Crippen LogP contribution < -0.4 is 0 Å². The Kier molecular flexibility index (Phi) is 6.42. The highest BCUT2D eigenvalue weighted by Crippen LogP contribution is 2.26. The number of piperazine rings is 1. The largest absolute Gasteiger partial charge is 0.296 e. The van der Waals surface area contributed by atoms with E-state index in [1.807, 2.05) is 0 Å². The summed E-state index contributed by atoms with van der Waals surface area (Å²) in [4.78, 5) is 2.43. The second kappa shape index (κ2) is 8.33. The molecule has 0 spiro atoms. The van der Waals surface area contributed by atoms with E-state index in [1.54, 1.807) is 0 Å². The summed E-state index contributed by atoms with van der Waals surface area (Å²) in [6, 6.07) is 13.1. The molecule has 1 aliphatic rings. The maximum absolute atomic E-state index is 12.9. The molecule has 0 radical (unpaired) electrons. The standard InChI is InChI=1S/C21H26Cl2N2O2S/c1-21(2,3)17-6-4-16(5-7-17)15-24-8-10-25(11-9-24)28(26,27)20-13-18(22)12-19(23)14-20/h4-7,12-14H,8-11,15H2,1-3H3. The minimum atomic E-state index is -3.59. The lowest BCUT2D eigenvalue weighted by atomic mass is 9.87. The van der Waals surface area contributed by atoms with Crippen molar-refractivity contribution in [2.75, 3.05) is 26.2 Å². The van der Waals surface area contributed by atoms with E-state index in [0.717, 1.165) is 6.54 Å². The van der Waals surface area contributed by atoms with E-state index in [2.05, 4.69) is 49.9 Å². The first-order valence-corrected chi connectivity index (χ1v) is 11.5. The number of hydrogen-bond donors (Lipinski definition) is 0. The Morgan fingerprint density at radius 1 is 0.893 bits per heavy atom. The van der Waals surface area contributed by atoms with E-state index in [1.165, 1.54) is 33.6 Å². The van der Waals surface area contributed by atoms with Crippen LogP contribution in [0.2, 0.25) is 10.0 Å². The van der Waals surface area contributed by atoms with E-state index in [4.69, 9.17) is 23.2 Å². The summed E-state index contributed by atoms with van der Waals surface area (Å²) in [5, 5.41) is 0.645. The zero-order chi connectivity index (χ0) is 20.5. The lowest BCUT2D eigenvalue weighted by Crippen LogP contribution is -2.48. The molecule has 152 valence electrons. The molecule has 4 nitrogen and oxygen atoms in total. The number of hydrogen-bond acceptors (Lipinski definition) is 3. The Hall–Kier alpha value is -1.11. The fourth-order valence-electron chi connectivity index (χ4n) is 3.32. The van der Waals surface area contributed by atoms with Crippen molar-refractivity contribution >= 4 is 33.2 Å². The number of nitrogens with zero attached hydrogens (tertiary/aromatic N) is 2. The molecule has 1 heterocycles. The molecule has 1 aliphatic heterocycles. The maximum atomic E-state index is 12.9. The Morgan fingerprint density at radius 2 is 1.43 bits per heavy atom. The second-order valence-corrected chi connectivity index (χ2v) is 11.0. The van der Waals surface area contributed by atoms with Gasteiger partial charge in [-0.1, -0.05) is 68.2 Å². The lowest BCUT2D eigenvalue weighted by molar-refractivity contribution is 0.181. The predicted molar refractivity (Wildman–Crippen MR) is 116 cm³/mol. The van der Waals surface area contributed by atoms with Crippen LogP contribution in [0.3, 0.4) is 0 Å². The average molecular weight is 441 g/mol. The van der Waals surface area contributed by atoms with Gasteiger partial charge in [-0.3, -0.25) is 4.90 Å². The normalized spacial score (nSPS) is 17.0. The number of benzene rings is 2. The Labute approximate surface area is 178 Å². The smallest absolute Gasteiger partial charge is 0.243 e. The monoisotopic (exact) mass is 440 g/mol. The molecular formula is C21H26Cl2N2O2S. The van der Waals surface area contributed by atoms with Crippen molar-refractivity contribution in [1.82, 2.24) is 9.21 Å². The Balaban J connectivity index is 1.62. The molecule has 1 fully saturated rings. The maximum Gasteiger partial charge on any atom is 0.243 e. The number of rotatable bonds is 4. The second-order valence-electron chi connectivity index (χ2n) is 8.23. The van der Waals surface area contributed by atoms with E-state index >= 15 is 0 Å². The number of sulfonamides is 1. The zero-order valence-corrected chi connectivity index (χ0v) is 18.8. The van der Waals surface area contributed by atoms with Crippen molar-refractivity contribution in [3.8, 4) is 0 Å². The third-order valence-electron chi connectivity index (χ3n) is 5.03. The molecule has 1 saturated heterocycles. The van der Waals surface area contributed by atoms with Gasteiger partial charge >= 0.3 is 0 Å². The van der Waals surface area contributed by atoms with Gasteiger partial charge in [0.2, 0.25) is 10.0 Å². The number of halogens is 2. The summed E-state index contributed by atoms with van der Waals surface area (Å²) >= 11 is 11.9. The molecule has 0 atom stereocenters. The van der Waals surface area contributed by atoms with Crippen molar-refractivity contribution in [3.05, 3.63) is 63.6 Å². The highest BCUT2D eigenvalue weighted by molar-refractivity contribution is 7.89. The summed E-state index contributed by atoms with van der Waals surface area (Å²) in [5.41, 5.74) is 2.69. The van der Waals surface area contributed by atoms with Crippen LogP contribution in [-0.2, 0) is 22.0 Å². The fraction of sp³-hybridized carbons (Fsp3) is 0.429. The van der Waals surface area contributed by atoms with Crippen molar-refractivity contribution < 1.29 is 8.42 Å². The molecule has 0 aliphatic carbocycles. The van der Waals surface area contributed by atoms with E-state index in [-0.39, 0.29) is 10.3 Å². The Bertz CT molecular complexity index is 910. The minimum Gasteiger partial charge on any atom is -0.296 e. The Morgan fingerprint density at radius 3 is 1.93 bits per heavy atom. The van der Waals surface area contributed by atoms with Gasteiger partial charge in [0.15, 0.2) is 0 Å². The van der Waals surface area contributed by atoms with E-state index in [9.17, 15) is 8.42 Å². The molecule has 3 rings (SSSR count). The highest BCUT2D eigenvalue weighted by atomic mass is 35.5. The first kappa shape index (κ1) is 21.6. The van der Waals surface area contributed by atoms with Gasteiger partial charge in [0.05, 0.1) is 4.90 Å². The van der Waals surface area contributed by atoms with Gasteiger partial charge in [-0.05, 0) is 34.7 Å². The molecule has 0 saturated carbocycles. The van der Waals surface area contributed by atoms with Gasteiger partial charge < -0.3 is 0 Å². The van der Waals surface area contributed by atoms with Crippen LogP contribution >= 0.6 is 23.2 Å². The third-order valence-corrected chi connectivity index (χ3v) is 7.34. The van der Waals surface area contributed by atoms with Gasteiger partial charge in [0.1, 0.15) is 0 Å². The van der Waals surface area contributed by atoms with Gasteiger partial charge in [-0.25, -0.2) is 8.42 Å². The van der Waals surface area contributed by atoms with Crippen LogP contribution in [0.5, 0.6) is 0 Å².